The maximum atomic E-state index is 12.0. The average molecular weight is 313 g/mol. The van der Waals surface area contributed by atoms with E-state index in [1.54, 1.807) is 11.3 Å². The van der Waals surface area contributed by atoms with Crippen LogP contribution in [-0.4, -0.2) is 30.3 Å². The van der Waals surface area contributed by atoms with E-state index in [2.05, 4.69) is 16.2 Å². The van der Waals surface area contributed by atoms with Crippen molar-refractivity contribution >= 4 is 34.6 Å². The summed E-state index contributed by atoms with van der Waals surface area (Å²) in [5.74, 6) is -0.173. The van der Waals surface area contributed by atoms with Crippen LogP contribution >= 0.6 is 23.6 Å². The van der Waals surface area contributed by atoms with E-state index in [1.165, 1.54) is 0 Å². The number of carbonyl (C=O) groups excluding carboxylic acids is 1. The summed E-state index contributed by atoms with van der Waals surface area (Å²) >= 11 is 6.67. The summed E-state index contributed by atoms with van der Waals surface area (Å²) < 4.78 is 5.48. The van der Waals surface area contributed by atoms with Crippen molar-refractivity contribution in [1.29, 1.82) is 0 Å². The van der Waals surface area contributed by atoms with Crippen LogP contribution in [0.25, 0.3) is 0 Å². The number of ether oxygens (including phenoxy) is 1. The third-order valence-corrected chi connectivity index (χ3v) is 4.59. The first-order valence-electron chi connectivity index (χ1n) is 6.58. The van der Waals surface area contributed by atoms with Crippen LogP contribution in [0.5, 0.6) is 0 Å². The lowest BCUT2D eigenvalue weighted by atomic mass is 10.2. The molecule has 2 rings (SSSR count). The molecule has 1 aliphatic rings. The summed E-state index contributed by atoms with van der Waals surface area (Å²) in [4.78, 5) is 13.1. The van der Waals surface area contributed by atoms with Gasteiger partial charge in [-0.15, -0.1) is 11.3 Å². The Morgan fingerprint density at radius 2 is 2.30 bits per heavy atom. The molecule has 1 aromatic rings. The zero-order valence-electron chi connectivity index (χ0n) is 11.6. The first-order chi connectivity index (χ1) is 9.58. The Kier molecular flexibility index (Phi) is 5.33. The molecule has 7 heteroatoms. The molecule has 1 atom stereocenters. The lowest BCUT2D eigenvalue weighted by molar-refractivity contribution is 0.0943. The predicted molar refractivity (Wildman–Crippen MR) is 84.0 cm³/mol. The Bertz CT molecular complexity index is 496. The van der Waals surface area contributed by atoms with Crippen LogP contribution in [0.15, 0.2) is 5.38 Å². The van der Waals surface area contributed by atoms with Crippen LogP contribution in [0.3, 0.4) is 0 Å². The molecule has 0 aliphatic carbocycles. The lowest BCUT2D eigenvalue weighted by Gasteiger charge is -2.14. The zero-order valence-corrected chi connectivity index (χ0v) is 13.2. The molecule has 0 aromatic carbocycles. The van der Waals surface area contributed by atoms with E-state index in [9.17, 15) is 4.79 Å². The Balaban J connectivity index is 1.72. The standard InChI is InChI=1S/C13H19N3O2S2/c1-8-9(2)20-7-11(8)12(17)15-16-13(19)14-6-10-4-3-5-18-10/h7,10H,3-6H2,1-2H3,(H,15,17)(H2,14,16,19)/t10-/m1/s1. The maximum absolute atomic E-state index is 12.0. The third kappa shape index (κ3) is 3.91. The molecule has 0 unspecified atom stereocenters. The second-order valence-electron chi connectivity index (χ2n) is 4.75. The van der Waals surface area contributed by atoms with E-state index in [-0.39, 0.29) is 12.0 Å². The molecule has 1 saturated heterocycles. The van der Waals surface area contributed by atoms with Gasteiger partial charge in [0.25, 0.3) is 5.91 Å². The minimum absolute atomic E-state index is 0.173. The molecule has 110 valence electrons. The maximum Gasteiger partial charge on any atom is 0.270 e. The predicted octanol–water partition coefficient (Wildman–Crippen LogP) is 1.65. The smallest absolute Gasteiger partial charge is 0.270 e. The van der Waals surface area contributed by atoms with Gasteiger partial charge in [-0.2, -0.15) is 0 Å². The van der Waals surface area contributed by atoms with Gasteiger partial charge in [-0.3, -0.25) is 15.6 Å². The zero-order chi connectivity index (χ0) is 14.5. The molecule has 0 spiro atoms. The Hall–Kier alpha value is -1.18. The van der Waals surface area contributed by atoms with Crippen molar-refractivity contribution < 1.29 is 9.53 Å². The molecule has 1 aromatic heterocycles. The van der Waals surface area contributed by atoms with Crippen LogP contribution in [0, 0.1) is 13.8 Å². The summed E-state index contributed by atoms with van der Waals surface area (Å²) in [6, 6.07) is 0. The van der Waals surface area contributed by atoms with Crippen molar-refractivity contribution in [2.45, 2.75) is 32.8 Å². The largest absolute Gasteiger partial charge is 0.376 e. The van der Waals surface area contributed by atoms with Gasteiger partial charge >= 0.3 is 0 Å². The average Bonchev–Trinajstić information content (AvgIpc) is 3.05. The third-order valence-electron chi connectivity index (χ3n) is 3.33. The van der Waals surface area contributed by atoms with Gasteiger partial charge in [0.05, 0.1) is 11.7 Å². The highest BCUT2D eigenvalue weighted by Gasteiger charge is 2.16. The van der Waals surface area contributed by atoms with Gasteiger partial charge in [-0.05, 0) is 44.5 Å². The molecular weight excluding hydrogens is 294 g/mol. The van der Waals surface area contributed by atoms with Crippen molar-refractivity contribution in [1.82, 2.24) is 16.2 Å². The second-order valence-corrected chi connectivity index (χ2v) is 6.25. The minimum atomic E-state index is -0.173. The molecule has 3 N–H and O–H groups in total. The molecule has 1 aliphatic heterocycles. The molecule has 0 saturated carbocycles. The molecule has 0 radical (unpaired) electrons. The summed E-state index contributed by atoms with van der Waals surface area (Å²) in [6.07, 6.45) is 2.36. The Labute approximate surface area is 128 Å². The number of hydrogen-bond donors (Lipinski definition) is 3. The first-order valence-corrected chi connectivity index (χ1v) is 7.87. The summed E-state index contributed by atoms with van der Waals surface area (Å²) in [5.41, 5.74) is 7.00. The van der Waals surface area contributed by atoms with E-state index in [1.807, 2.05) is 19.2 Å². The van der Waals surface area contributed by atoms with Crippen molar-refractivity contribution in [3.05, 3.63) is 21.4 Å². The number of thiocarbonyl (C=S) groups is 1. The monoisotopic (exact) mass is 313 g/mol. The van der Waals surface area contributed by atoms with Gasteiger partial charge in [0, 0.05) is 23.4 Å². The Morgan fingerprint density at radius 1 is 1.50 bits per heavy atom. The van der Waals surface area contributed by atoms with E-state index < -0.39 is 0 Å². The number of carbonyl (C=O) groups is 1. The van der Waals surface area contributed by atoms with Crippen LogP contribution in [0.2, 0.25) is 0 Å². The first kappa shape index (κ1) is 15.2. The molecular formula is C13H19N3O2S2. The van der Waals surface area contributed by atoms with Crippen molar-refractivity contribution in [3.63, 3.8) is 0 Å². The fraction of sp³-hybridized carbons (Fsp3) is 0.538. The van der Waals surface area contributed by atoms with Crippen molar-refractivity contribution in [3.8, 4) is 0 Å². The topological polar surface area (TPSA) is 62.4 Å². The SMILES string of the molecule is Cc1scc(C(=O)NNC(=S)NC[C@H]2CCCO2)c1C. The summed E-state index contributed by atoms with van der Waals surface area (Å²) in [6.45, 7) is 5.42. The minimum Gasteiger partial charge on any atom is -0.376 e. The van der Waals surface area contributed by atoms with Gasteiger partial charge in [0.1, 0.15) is 0 Å². The highest BCUT2D eigenvalue weighted by Crippen LogP contribution is 2.19. The normalized spacial score (nSPS) is 17.8. The van der Waals surface area contributed by atoms with Gasteiger partial charge in [0.15, 0.2) is 5.11 Å². The van der Waals surface area contributed by atoms with Crippen LogP contribution in [0.1, 0.15) is 33.6 Å². The number of hydrogen-bond acceptors (Lipinski definition) is 4. The molecule has 1 amide bonds. The number of nitrogens with one attached hydrogen (secondary N) is 3. The van der Waals surface area contributed by atoms with E-state index >= 15 is 0 Å². The fourth-order valence-corrected chi connectivity index (χ4v) is 2.97. The lowest BCUT2D eigenvalue weighted by Crippen LogP contribution is -2.48. The molecule has 20 heavy (non-hydrogen) atoms. The number of amides is 1. The van der Waals surface area contributed by atoms with Crippen LogP contribution in [0.4, 0.5) is 0 Å². The van der Waals surface area contributed by atoms with Gasteiger partial charge < -0.3 is 10.1 Å². The van der Waals surface area contributed by atoms with E-state index in [0.29, 0.717) is 17.2 Å². The van der Waals surface area contributed by atoms with Gasteiger partial charge in [-0.1, -0.05) is 0 Å². The van der Waals surface area contributed by atoms with Crippen LogP contribution < -0.4 is 16.2 Å². The number of aryl methyl sites for hydroxylation is 1. The highest BCUT2D eigenvalue weighted by molar-refractivity contribution is 7.80. The number of thiophene rings is 1. The van der Waals surface area contributed by atoms with E-state index in [0.717, 1.165) is 29.9 Å². The Morgan fingerprint density at radius 3 is 2.90 bits per heavy atom. The van der Waals surface area contributed by atoms with Crippen molar-refractivity contribution in [2.75, 3.05) is 13.2 Å². The van der Waals surface area contributed by atoms with Gasteiger partial charge in [-0.25, -0.2) is 0 Å². The quantitative estimate of drug-likeness (QED) is 0.585. The fourth-order valence-electron chi connectivity index (χ4n) is 1.97. The molecule has 2 heterocycles. The molecule has 5 nitrogen and oxygen atoms in total. The van der Waals surface area contributed by atoms with Crippen LogP contribution in [-0.2, 0) is 4.74 Å². The van der Waals surface area contributed by atoms with Crippen molar-refractivity contribution in [2.24, 2.45) is 0 Å². The number of rotatable bonds is 3. The number of hydrazine groups is 1. The van der Waals surface area contributed by atoms with Gasteiger partial charge in [0.2, 0.25) is 0 Å². The second kappa shape index (κ2) is 7.01. The summed E-state index contributed by atoms with van der Waals surface area (Å²) in [7, 11) is 0. The highest BCUT2D eigenvalue weighted by atomic mass is 32.1. The molecule has 1 fully saturated rings. The summed E-state index contributed by atoms with van der Waals surface area (Å²) in [5, 5.41) is 5.29. The molecule has 0 bridgehead atoms. The van der Waals surface area contributed by atoms with E-state index in [4.69, 9.17) is 17.0 Å².